The van der Waals surface area contributed by atoms with Gasteiger partial charge in [0.05, 0.1) is 5.69 Å². The van der Waals surface area contributed by atoms with E-state index >= 15 is 0 Å². The molecule has 2 heterocycles. The van der Waals surface area contributed by atoms with Crippen LogP contribution in [0.5, 0.6) is 0 Å². The van der Waals surface area contributed by atoms with Crippen LogP contribution >= 0.6 is 11.8 Å². The zero-order valence-electron chi connectivity index (χ0n) is 17.0. The Morgan fingerprint density at radius 3 is 2.53 bits per heavy atom. The van der Waals surface area contributed by atoms with Crippen molar-refractivity contribution in [3.63, 3.8) is 0 Å². The minimum Gasteiger partial charge on any atom is -0.336 e. The lowest BCUT2D eigenvalue weighted by Crippen LogP contribution is -2.32. The zero-order chi connectivity index (χ0) is 20.9. The Bertz CT molecular complexity index is 1020. The van der Waals surface area contributed by atoms with Crippen LogP contribution in [0.3, 0.4) is 0 Å². The van der Waals surface area contributed by atoms with Crippen molar-refractivity contribution in [3.05, 3.63) is 77.0 Å². The Hall–Kier alpha value is -2.44. The summed E-state index contributed by atoms with van der Waals surface area (Å²) in [6.45, 7) is 2.94. The first-order chi connectivity index (χ1) is 14.6. The molecule has 2 aromatic carbocycles. The number of nitrogens with zero attached hydrogens (tertiary/aromatic N) is 2. The maximum absolute atomic E-state index is 13.4. The summed E-state index contributed by atoms with van der Waals surface area (Å²) in [5, 5.41) is 0.878. The molecule has 0 bridgehead atoms. The van der Waals surface area contributed by atoms with E-state index in [4.69, 9.17) is 0 Å². The summed E-state index contributed by atoms with van der Waals surface area (Å²) < 4.78 is 26.7. The van der Waals surface area contributed by atoms with Crippen molar-refractivity contribution in [2.75, 3.05) is 25.9 Å². The number of aromatic nitrogens is 2. The molecule has 1 aliphatic heterocycles. The summed E-state index contributed by atoms with van der Waals surface area (Å²) >= 11 is 1.58. The molecular formula is C24H25F2N3S. The standard InChI is InChI=1S/C24H25F2N3S/c1-30-24-27-22(23(28-24)19-5-7-20(25)8-6-19)11-14-29-12-9-17(10-13-29)15-18-3-2-4-21(26)16-18/h2-8,15-16H,9-14H2,1H3,(H,27,28). The van der Waals surface area contributed by atoms with Gasteiger partial charge in [-0.3, -0.25) is 0 Å². The number of piperidine rings is 1. The summed E-state index contributed by atoms with van der Waals surface area (Å²) in [6.07, 6.45) is 6.98. The second kappa shape index (κ2) is 9.58. The van der Waals surface area contributed by atoms with Gasteiger partial charge in [0.15, 0.2) is 5.16 Å². The summed E-state index contributed by atoms with van der Waals surface area (Å²) in [5.41, 5.74) is 5.23. The highest BCUT2D eigenvalue weighted by Gasteiger charge is 2.17. The fourth-order valence-corrected chi connectivity index (χ4v) is 4.23. The highest BCUT2D eigenvalue weighted by atomic mass is 32.2. The number of nitrogens with one attached hydrogen (secondary N) is 1. The molecule has 0 aliphatic carbocycles. The Balaban J connectivity index is 1.38. The Labute approximate surface area is 180 Å². The summed E-state index contributed by atoms with van der Waals surface area (Å²) in [7, 11) is 0. The molecule has 3 nitrogen and oxygen atoms in total. The fourth-order valence-electron chi connectivity index (χ4n) is 3.82. The molecule has 3 aromatic rings. The van der Waals surface area contributed by atoms with E-state index in [9.17, 15) is 8.78 Å². The van der Waals surface area contributed by atoms with Crippen LogP contribution < -0.4 is 0 Å². The molecule has 0 atom stereocenters. The molecule has 0 saturated carbocycles. The van der Waals surface area contributed by atoms with Gasteiger partial charge in [-0.05, 0) is 61.1 Å². The minimum absolute atomic E-state index is 0.192. The fraction of sp³-hybridized carbons (Fsp3) is 0.292. The molecule has 1 fully saturated rings. The smallest absolute Gasteiger partial charge is 0.165 e. The predicted octanol–water partition coefficient (Wildman–Crippen LogP) is 5.80. The van der Waals surface area contributed by atoms with Crippen molar-refractivity contribution in [1.29, 1.82) is 0 Å². The molecule has 0 radical (unpaired) electrons. The van der Waals surface area contributed by atoms with Crippen LogP contribution in [0.1, 0.15) is 24.1 Å². The number of thioether (sulfide) groups is 1. The lowest BCUT2D eigenvalue weighted by Gasteiger charge is -2.28. The van der Waals surface area contributed by atoms with Crippen LogP contribution in [0.25, 0.3) is 17.3 Å². The number of benzene rings is 2. The number of halogens is 2. The van der Waals surface area contributed by atoms with Gasteiger partial charge in [0.2, 0.25) is 0 Å². The van der Waals surface area contributed by atoms with E-state index < -0.39 is 0 Å². The number of H-pyrrole nitrogens is 1. The third-order valence-electron chi connectivity index (χ3n) is 5.46. The lowest BCUT2D eigenvalue weighted by atomic mass is 10.0. The molecule has 156 valence electrons. The molecule has 0 unspecified atom stereocenters. The number of rotatable bonds is 6. The predicted molar refractivity (Wildman–Crippen MR) is 120 cm³/mol. The zero-order valence-corrected chi connectivity index (χ0v) is 17.8. The Morgan fingerprint density at radius 1 is 1.07 bits per heavy atom. The molecule has 0 amide bonds. The van der Waals surface area contributed by atoms with Crippen LogP contribution in [0.4, 0.5) is 8.78 Å². The second-order valence-electron chi connectivity index (χ2n) is 7.53. The summed E-state index contributed by atoms with van der Waals surface area (Å²) in [6, 6.07) is 13.3. The Kier molecular flexibility index (Phi) is 6.65. The van der Waals surface area contributed by atoms with Crippen molar-refractivity contribution in [1.82, 2.24) is 14.9 Å². The minimum atomic E-state index is -0.239. The number of likely N-dealkylation sites (tertiary alicyclic amines) is 1. The van der Waals surface area contributed by atoms with Crippen LogP contribution in [0, 0.1) is 11.6 Å². The van der Waals surface area contributed by atoms with E-state index in [0.717, 1.165) is 66.6 Å². The van der Waals surface area contributed by atoms with Crippen LogP contribution in [0.15, 0.2) is 59.3 Å². The van der Waals surface area contributed by atoms with Gasteiger partial charge in [0, 0.05) is 37.3 Å². The summed E-state index contributed by atoms with van der Waals surface area (Å²) in [4.78, 5) is 10.6. The van der Waals surface area contributed by atoms with Gasteiger partial charge in [0.1, 0.15) is 11.6 Å². The van der Waals surface area contributed by atoms with E-state index in [1.165, 1.54) is 23.8 Å². The third kappa shape index (κ3) is 5.18. The van der Waals surface area contributed by atoms with Gasteiger partial charge in [-0.1, -0.05) is 35.5 Å². The van der Waals surface area contributed by atoms with Gasteiger partial charge in [-0.25, -0.2) is 13.8 Å². The molecule has 1 aromatic heterocycles. The normalized spacial score (nSPS) is 14.8. The number of hydrogen-bond acceptors (Lipinski definition) is 3. The Morgan fingerprint density at radius 2 is 1.83 bits per heavy atom. The molecule has 1 saturated heterocycles. The largest absolute Gasteiger partial charge is 0.336 e. The van der Waals surface area contributed by atoms with Crippen LogP contribution in [-0.4, -0.2) is 40.8 Å². The van der Waals surface area contributed by atoms with Crippen LogP contribution in [0.2, 0.25) is 0 Å². The highest BCUT2D eigenvalue weighted by molar-refractivity contribution is 7.98. The van der Waals surface area contributed by atoms with Gasteiger partial charge < -0.3 is 9.88 Å². The summed E-state index contributed by atoms with van der Waals surface area (Å²) in [5.74, 6) is -0.431. The monoisotopic (exact) mass is 425 g/mol. The van der Waals surface area contributed by atoms with Crippen LogP contribution in [-0.2, 0) is 6.42 Å². The quantitative estimate of drug-likeness (QED) is 0.507. The lowest BCUT2D eigenvalue weighted by molar-refractivity contribution is 0.259. The van der Waals surface area contributed by atoms with Crippen molar-refractivity contribution >= 4 is 17.8 Å². The first kappa shape index (κ1) is 20.8. The van der Waals surface area contributed by atoms with Crippen molar-refractivity contribution in [3.8, 4) is 11.3 Å². The molecule has 1 N–H and O–H groups in total. The maximum Gasteiger partial charge on any atom is 0.165 e. The molecule has 0 spiro atoms. The molecule has 1 aliphatic rings. The third-order valence-corrected chi connectivity index (χ3v) is 6.04. The van der Waals surface area contributed by atoms with E-state index in [2.05, 4.69) is 20.9 Å². The van der Waals surface area contributed by atoms with E-state index in [-0.39, 0.29) is 11.6 Å². The maximum atomic E-state index is 13.4. The van der Waals surface area contributed by atoms with Gasteiger partial charge >= 0.3 is 0 Å². The number of imidazole rings is 1. The first-order valence-electron chi connectivity index (χ1n) is 10.2. The SMILES string of the molecule is CSc1nc(-c2ccc(F)cc2)c(CCN2CCC(=Cc3cccc(F)c3)CC2)[nH]1. The average Bonchev–Trinajstić information content (AvgIpc) is 3.17. The van der Waals surface area contributed by atoms with Crippen molar-refractivity contribution < 1.29 is 8.78 Å². The van der Waals surface area contributed by atoms with E-state index in [1.54, 1.807) is 36.0 Å². The topological polar surface area (TPSA) is 31.9 Å². The number of hydrogen-bond donors (Lipinski definition) is 1. The van der Waals surface area contributed by atoms with Crippen molar-refractivity contribution in [2.24, 2.45) is 0 Å². The van der Waals surface area contributed by atoms with E-state index in [1.807, 2.05) is 12.3 Å². The van der Waals surface area contributed by atoms with Gasteiger partial charge in [-0.15, -0.1) is 0 Å². The molecular weight excluding hydrogens is 400 g/mol. The highest BCUT2D eigenvalue weighted by Crippen LogP contribution is 2.26. The van der Waals surface area contributed by atoms with E-state index in [0.29, 0.717) is 0 Å². The molecule has 6 heteroatoms. The average molecular weight is 426 g/mol. The van der Waals surface area contributed by atoms with Gasteiger partial charge in [0.25, 0.3) is 0 Å². The second-order valence-corrected chi connectivity index (χ2v) is 8.32. The molecule has 4 rings (SSSR count). The molecule has 30 heavy (non-hydrogen) atoms. The number of aromatic amines is 1. The van der Waals surface area contributed by atoms with Crippen molar-refractivity contribution in [2.45, 2.75) is 24.4 Å². The van der Waals surface area contributed by atoms with Gasteiger partial charge in [-0.2, -0.15) is 0 Å². The first-order valence-corrected chi connectivity index (χ1v) is 11.4.